The Bertz CT molecular complexity index is 1210. The van der Waals surface area contributed by atoms with Crippen molar-refractivity contribution in [3.8, 4) is 11.3 Å². The molecule has 2 aromatic carbocycles. The molecule has 6 rings (SSSR count). The van der Waals surface area contributed by atoms with Gasteiger partial charge in [0.2, 0.25) is 5.76 Å². The number of fused-ring (bicyclic) bond motifs is 1. The SMILES string of the molecule is CN1[C@@H](Cc2ccccc2)[C@@H]2C[C@@]3(C)[C@H](CCC[C@@H]13)N2C(=O)c1cc(-c2cccc(F)c2)no1. The van der Waals surface area contributed by atoms with Crippen molar-refractivity contribution in [3.63, 3.8) is 0 Å². The molecule has 3 heterocycles. The summed E-state index contributed by atoms with van der Waals surface area (Å²) in [6, 6.07) is 19.5. The molecule has 2 bridgehead atoms. The van der Waals surface area contributed by atoms with Crippen LogP contribution < -0.4 is 0 Å². The molecule has 1 saturated carbocycles. The molecule has 1 aliphatic carbocycles. The Morgan fingerprint density at radius 1 is 1.12 bits per heavy atom. The van der Waals surface area contributed by atoms with Crippen LogP contribution in [0.5, 0.6) is 0 Å². The van der Waals surface area contributed by atoms with Crippen LogP contribution in [0.3, 0.4) is 0 Å². The van der Waals surface area contributed by atoms with Crippen molar-refractivity contribution in [2.75, 3.05) is 7.05 Å². The third-order valence-electron chi connectivity index (χ3n) is 8.64. The van der Waals surface area contributed by atoms with Gasteiger partial charge in [-0.1, -0.05) is 54.5 Å². The highest BCUT2D eigenvalue weighted by atomic mass is 19.1. The van der Waals surface area contributed by atoms with Crippen molar-refractivity contribution >= 4 is 5.91 Å². The molecule has 1 aromatic heterocycles. The van der Waals surface area contributed by atoms with Crippen LogP contribution in [0.4, 0.5) is 4.39 Å². The minimum atomic E-state index is -0.338. The number of aromatic nitrogens is 1. The van der Waals surface area contributed by atoms with E-state index in [0.717, 1.165) is 25.7 Å². The standard InChI is InChI=1S/C28H30FN3O2/c1-28-17-23-22(14-18-8-4-3-5-9-18)31(2)25(28)12-7-13-26(28)32(23)27(33)24-16-21(30-34-24)19-10-6-11-20(29)15-19/h3-6,8-11,15-16,22-23,25-26H,7,12-14,17H2,1-2H3/t22-,23-,25+,26-,28+/m0/s1. The molecule has 2 saturated heterocycles. The molecule has 5 nitrogen and oxygen atoms in total. The van der Waals surface area contributed by atoms with E-state index in [0.29, 0.717) is 17.3 Å². The quantitative estimate of drug-likeness (QED) is 0.540. The van der Waals surface area contributed by atoms with E-state index in [1.807, 2.05) is 6.07 Å². The first kappa shape index (κ1) is 21.5. The van der Waals surface area contributed by atoms with Crippen LogP contribution >= 0.6 is 0 Å². The van der Waals surface area contributed by atoms with Crippen molar-refractivity contribution in [2.24, 2.45) is 5.41 Å². The van der Waals surface area contributed by atoms with E-state index in [9.17, 15) is 9.18 Å². The van der Waals surface area contributed by atoms with Crippen LogP contribution in [0.2, 0.25) is 0 Å². The number of nitrogens with zero attached hydrogens (tertiary/aromatic N) is 3. The first-order valence-corrected chi connectivity index (χ1v) is 12.3. The molecule has 1 amide bonds. The van der Waals surface area contributed by atoms with E-state index in [1.54, 1.807) is 18.2 Å². The maximum atomic E-state index is 13.9. The molecule has 0 radical (unpaired) electrons. The molecule has 3 aromatic rings. The summed E-state index contributed by atoms with van der Waals surface area (Å²) in [5.74, 6) is -0.198. The van der Waals surface area contributed by atoms with Gasteiger partial charge in [0.15, 0.2) is 0 Å². The summed E-state index contributed by atoms with van der Waals surface area (Å²) in [5.41, 5.74) is 2.46. The third kappa shape index (κ3) is 3.30. The zero-order valence-corrected chi connectivity index (χ0v) is 19.7. The number of likely N-dealkylation sites (tertiary alicyclic amines) is 2. The van der Waals surface area contributed by atoms with Crippen molar-refractivity contribution in [3.05, 3.63) is 77.8 Å². The predicted molar refractivity (Wildman–Crippen MR) is 128 cm³/mol. The fourth-order valence-electron chi connectivity index (χ4n) is 7.10. The van der Waals surface area contributed by atoms with E-state index < -0.39 is 0 Å². The molecule has 0 unspecified atom stereocenters. The number of carbonyl (C=O) groups is 1. The van der Waals surface area contributed by atoms with Crippen LogP contribution in [-0.4, -0.2) is 52.1 Å². The normalized spacial score (nSPS) is 30.5. The van der Waals surface area contributed by atoms with E-state index in [2.05, 4.69) is 53.2 Å². The van der Waals surface area contributed by atoms with E-state index in [-0.39, 0.29) is 41.0 Å². The lowest BCUT2D eigenvalue weighted by atomic mass is 9.64. The minimum Gasteiger partial charge on any atom is -0.350 e. The molecule has 176 valence electrons. The van der Waals surface area contributed by atoms with E-state index in [4.69, 9.17) is 4.52 Å². The molecule has 2 aliphatic heterocycles. The lowest BCUT2D eigenvalue weighted by molar-refractivity contribution is -0.00398. The number of benzene rings is 2. The van der Waals surface area contributed by atoms with E-state index >= 15 is 0 Å². The highest BCUT2D eigenvalue weighted by Crippen LogP contribution is 2.56. The van der Waals surface area contributed by atoms with Gasteiger partial charge in [0.05, 0.1) is 0 Å². The fourth-order valence-corrected chi connectivity index (χ4v) is 7.10. The smallest absolute Gasteiger partial charge is 0.293 e. The van der Waals surface area contributed by atoms with Crippen molar-refractivity contribution in [1.82, 2.24) is 15.0 Å². The minimum absolute atomic E-state index is 0.0753. The molecular weight excluding hydrogens is 429 g/mol. The summed E-state index contributed by atoms with van der Waals surface area (Å²) in [7, 11) is 2.25. The molecule has 0 spiro atoms. The highest BCUT2D eigenvalue weighted by molar-refractivity contribution is 5.93. The second-order valence-electron chi connectivity index (χ2n) is 10.5. The zero-order valence-electron chi connectivity index (χ0n) is 19.7. The summed E-state index contributed by atoms with van der Waals surface area (Å²) >= 11 is 0. The predicted octanol–water partition coefficient (Wildman–Crippen LogP) is 5.18. The second kappa shape index (κ2) is 8.05. The van der Waals surface area contributed by atoms with Crippen LogP contribution in [0.25, 0.3) is 11.3 Å². The number of carbonyl (C=O) groups excluding carboxylic acids is 1. The Kier molecular flexibility index (Phi) is 5.10. The van der Waals surface area contributed by atoms with Crippen LogP contribution in [0, 0.1) is 11.2 Å². The Balaban J connectivity index is 1.35. The number of hydrogen-bond donors (Lipinski definition) is 0. The number of halogens is 1. The van der Waals surface area contributed by atoms with Crippen LogP contribution in [-0.2, 0) is 6.42 Å². The van der Waals surface area contributed by atoms with Gasteiger partial charge in [0.25, 0.3) is 5.91 Å². The molecule has 34 heavy (non-hydrogen) atoms. The zero-order chi connectivity index (χ0) is 23.4. The number of piperidine rings is 1. The van der Waals surface area contributed by atoms with Gasteiger partial charge in [-0.2, -0.15) is 0 Å². The molecule has 6 heteroatoms. The Morgan fingerprint density at radius 2 is 1.91 bits per heavy atom. The maximum Gasteiger partial charge on any atom is 0.293 e. The second-order valence-corrected chi connectivity index (χ2v) is 10.5. The Labute approximate surface area is 199 Å². The highest BCUT2D eigenvalue weighted by Gasteiger charge is 2.63. The van der Waals surface area contributed by atoms with Crippen LogP contribution in [0.15, 0.2) is 65.2 Å². The Hall–Kier alpha value is -2.99. The topological polar surface area (TPSA) is 49.6 Å². The average molecular weight is 460 g/mol. The number of rotatable bonds is 4. The summed E-state index contributed by atoms with van der Waals surface area (Å²) in [4.78, 5) is 18.6. The van der Waals surface area contributed by atoms with E-state index in [1.165, 1.54) is 24.1 Å². The van der Waals surface area contributed by atoms with Gasteiger partial charge in [-0.3, -0.25) is 9.69 Å². The fraction of sp³-hybridized carbons (Fsp3) is 0.429. The molecule has 0 N–H and O–H groups in total. The van der Waals surface area contributed by atoms with Gasteiger partial charge >= 0.3 is 0 Å². The van der Waals surface area contributed by atoms with Crippen molar-refractivity contribution in [1.29, 1.82) is 0 Å². The average Bonchev–Trinajstić information content (AvgIpc) is 3.44. The molecule has 5 atom stereocenters. The number of amides is 1. The summed E-state index contributed by atoms with van der Waals surface area (Å²) in [5, 5.41) is 4.10. The van der Waals surface area contributed by atoms with Crippen molar-refractivity contribution < 1.29 is 13.7 Å². The van der Waals surface area contributed by atoms with Gasteiger partial charge in [-0.25, -0.2) is 4.39 Å². The van der Waals surface area contributed by atoms with Gasteiger partial charge in [0, 0.05) is 41.2 Å². The van der Waals surface area contributed by atoms with Gasteiger partial charge in [-0.05, 0) is 56.8 Å². The summed E-state index contributed by atoms with van der Waals surface area (Å²) in [6.07, 6.45) is 5.24. The van der Waals surface area contributed by atoms with Gasteiger partial charge < -0.3 is 9.42 Å². The largest absolute Gasteiger partial charge is 0.350 e. The number of hydrogen-bond acceptors (Lipinski definition) is 4. The van der Waals surface area contributed by atoms with Gasteiger partial charge in [-0.15, -0.1) is 0 Å². The molecule has 3 aliphatic rings. The Morgan fingerprint density at radius 3 is 2.71 bits per heavy atom. The number of likely N-dealkylation sites (N-methyl/N-ethyl adjacent to an activating group) is 1. The third-order valence-corrected chi connectivity index (χ3v) is 8.64. The van der Waals surface area contributed by atoms with Crippen molar-refractivity contribution in [2.45, 2.75) is 63.2 Å². The maximum absolute atomic E-state index is 13.9. The lowest BCUT2D eigenvalue weighted by Crippen LogP contribution is -2.59. The first-order chi connectivity index (χ1) is 16.5. The monoisotopic (exact) mass is 459 g/mol. The first-order valence-electron chi connectivity index (χ1n) is 12.3. The summed E-state index contributed by atoms with van der Waals surface area (Å²) < 4.78 is 19.3. The summed E-state index contributed by atoms with van der Waals surface area (Å²) in [6.45, 7) is 2.37. The van der Waals surface area contributed by atoms with Crippen LogP contribution in [0.1, 0.15) is 48.7 Å². The molecular formula is C28H30FN3O2. The lowest BCUT2D eigenvalue weighted by Gasteiger charge is -2.51. The van der Waals surface area contributed by atoms with Gasteiger partial charge in [0.1, 0.15) is 11.5 Å². The molecule has 3 fully saturated rings.